The molecule has 0 aliphatic rings. The van der Waals surface area contributed by atoms with E-state index in [0.717, 1.165) is 13.1 Å². The van der Waals surface area contributed by atoms with Crippen LogP contribution in [0.2, 0.25) is 0 Å². The maximum absolute atomic E-state index is 3.71. The number of hydrogen-bond acceptors (Lipinski definition) is 1. The van der Waals surface area contributed by atoms with Gasteiger partial charge in [0.1, 0.15) is 0 Å². The number of rotatable bonds is 2. The van der Waals surface area contributed by atoms with E-state index in [1.54, 1.807) is 0 Å². The number of hydrogen-bond donors (Lipinski definition) is 0. The molecule has 0 aliphatic heterocycles. The molecule has 1 radical (unpaired) electrons. The van der Waals surface area contributed by atoms with Crippen molar-refractivity contribution in [3.05, 3.63) is 7.05 Å². The molecule has 0 aromatic carbocycles. The Bertz CT molecular complexity index is 27.3. The van der Waals surface area contributed by atoms with E-state index in [9.17, 15) is 0 Å². The fourth-order valence-electron chi connectivity index (χ4n) is 0.224. The van der Waals surface area contributed by atoms with Crippen LogP contribution in [0.3, 0.4) is 0 Å². The molecule has 0 atom stereocenters. The molecule has 0 aliphatic carbocycles. The van der Waals surface area contributed by atoms with Crippen molar-refractivity contribution >= 4 is 0 Å². The SMILES string of the molecule is [CH2-]N(CC)CC.[Re]. The van der Waals surface area contributed by atoms with Gasteiger partial charge in [-0.2, -0.15) is 0 Å². The van der Waals surface area contributed by atoms with Crippen molar-refractivity contribution in [1.82, 2.24) is 4.90 Å². The van der Waals surface area contributed by atoms with E-state index in [1.165, 1.54) is 0 Å². The summed E-state index contributed by atoms with van der Waals surface area (Å²) in [5.41, 5.74) is 0. The number of nitrogens with zero attached hydrogens (tertiary/aromatic N) is 1. The second-order valence-corrected chi connectivity index (χ2v) is 1.30. The Morgan fingerprint density at radius 2 is 1.57 bits per heavy atom. The molecule has 0 bridgehead atoms. The average Bonchev–Trinajstić information content (AvgIpc) is 1.65. The first-order chi connectivity index (χ1) is 2.81. The predicted molar refractivity (Wildman–Crippen MR) is 28.3 cm³/mol. The predicted octanol–water partition coefficient (Wildman–Crippen LogP) is 1.12. The summed E-state index contributed by atoms with van der Waals surface area (Å²) in [5, 5.41) is 0. The van der Waals surface area contributed by atoms with E-state index >= 15 is 0 Å². The third kappa shape index (κ3) is 6.62. The van der Waals surface area contributed by atoms with Gasteiger partial charge in [0.25, 0.3) is 0 Å². The largest absolute Gasteiger partial charge is 0.460 e. The van der Waals surface area contributed by atoms with E-state index in [-0.39, 0.29) is 20.4 Å². The maximum Gasteiger partial charge on any atom is 0 e. The zero-order valence-electron chi connectivity index (χ0n) is 4.95. The molecule has 0 N–H and O–H groups in total. The molecule has 1 nitrogen and oxygen atoms in total. The Labute approximate surface area is 59.7 Å². The summed E-state index contributed by atoms with van der Waals surface area (Å²) in [6.45, 7) is 6.29. The molecule has 0 rings (SSSR count). The molecule has 0 saturated carbocycles. The summed E-state index contributed by atoms with van der Waals surface area (Å²) in [4.78, 5) is 2.00. The molecule has 45 valence electrons. The topological polar surface area (TPSA) is 3.24 Å². The summed E-state index contributed by atoms with van der Waals surface area (Å²) >= 11 is 0. The van der Waals surface area contributed by atoms with Crippen molar-refractivity contribution in [3.8, 4) is 0 Å². The third-order valence-electron chi connectivity index (χ3n) is 0.894. The average molecular weight is 272 g/mol. The molecular formula is C5H12NRe-. The smallest absolute Gasteiger partial charge is 0 e. The van der Waals surface area contributed by atoms with E-state index < -0.39 is 0 Å². The first-order valence-electron chi connectivity index (χ1n) is 2.36. The fourth-order valence-corrected chi connectivity index (χ4v) is 0.224. The molecule has 0 fully saturated rings. The van der Waals surface area contributed by atoms with Crippen LogP contribution in [-0.4, -0.2) is 18.0 Å². The minimum atomic E-state index is 0. The van der Waals surface area contributed by atoms with E-state index in [0.29, 0.717) is 0 Å². The molecule has 0 saturated heterocycles. The zero-order chi connectivity index (χ0) is 4.99. The molecule has 2 heteroatoms. The van der Waals surface area contributed by atoms with Crippen LogP contribution >= 0.6 is 0 Å². The van der Waals surface area contributed by atoms with Crippen molar-refractivity contribution in [3.63, 3.8) is 0 Å². The van der Waals surface area contributed by atoms with Crippen LogP contribution in [0.1, 0.15) is 13.8 Å². The van der Waals surface area contributed by atoms with Gasteiger partial charge in [-0.25, -0.2) is 0 Å². The van der Waals surface area contributed by atoms with Gasteiger partial charge in [-0.1, -0.05) is 13.8 Å². The van der Waals surface area contributed by atoms with Crippen molar-refractivity contribution < 1.29 is 20.4 Å². The zero-order valence-corrected chi connectivity index (χ0v) is 7.66. The van der Waals surface area contributed by atoms with Crippen LogP contribution in [0.25, 0.3) is 0 Å². The molecule has 0 heterocycles. The van der Waals surface area contributed by atoms with E-state index in [4.69, 9.17) is 0 Å². The van der Waals surface area contributed by atoms with Crippen molar-refractivity contribution in [2.24, 2.45) is 0 Å². The molecular weight excluding hydrogens is 260 g/mol. The van der Waals surface area contributed by atoms with Gasteiger partial charge in [0.2, 0.25) is 0 Å². The maximum atomic E-state index is 3.71. The second-order valence-electron chi connectivity index (χ2n) is 1.30. The van der Waals surface area contributed by atoms with Crippen molar-refractivity contribution in [2.75, 3.05) is 13.1 Å². The molecule has 0 unspecified atom stereocenters. The molecule has 7 heavy (non-hydrogen) atoms. The molecule has 0 aromatic heterocycles. The third-order valence-corrected chi connectivity index (χ3v) is 0.894. The molecule has 0 amide bonds. The van der Waals surface area contributed by atoms with Crippen LogP contribution in [0, 0.1) is 7.05 Å². The quantitative estimate of drug-likeness (QED) is 0.681. The Hall–Kier alpha value is 0.622. The summed E-state index contributed by atoms with van der Waals surface area (Å²) in [6, 6.07) is 0. The second kappa shape index (κ2) is 6.62. The first kappa shape index (κ1) is 10.6. The van der Waals surface area contributed by atoms with Crippen molar-refractivity contribution in [1.29, 1.82) is 0 Å². The van der Waals surface area contributed by atoms with Gasteiger partial charge >= 0.3 is 0 Å². The van der Waals surface area contributed by atoms with Gasteiger partial charge in [-0.3, -0.25) is 7.05 Å². The van der Waals surface area contributed by atoms with Gasteiger partial charge in [-0.05, 0) is 13.1 Å². The van der Waals surface area contributed by atoms with Crippen LogP contribution in [0.5, 0.6) is 0 Å². The summed E-state index contributed by atoms with van der Waals surface area (Å²) in [7, 11) is 3.71. The summed E-state index contributed by atoms with van der Waals surface area (Å²) in [6.07, 6.45) is 0. The minimum Gasteiger partial charge on any atom is -0.460 e. The monoisotopic (exact) mass is 273 g/mol. The van der Waals surface area contributed by atoms with E-state index in [2.05, 4.69) is 20.9 Å². The molecule has 0 spiro atoms. The van der Waals surface area contributed by atoms with E-state index in [1.807, 2.05) is 4.90 Å². The first-order valence-corrected chi connectivity index (χ1v) is 2.36. The van der Waals surface area contributed by atoms with Crippen LogP contribution in [-0.2, 0) is 20.4 Å². The summed E-state index contributed by atoms with van der Waals surface area (Å²) in [5.74, 6) is 0. The standard InChI is InChI=1S/C5H12N.Re/c1-4-6(3)5-2;/h3-5H2,1-2H3;/q-1;. The van der Waals surface area contributed by atoms with Gasteiger partial charge in [0.05, 0.1) is 0 Å². The van der Waals surface area contributed by atoms with Crippen LogP contribution in [0.15, 0.2) is 0 Å². The van der Waals surface area contributed by atoms with Crippen LogP contribution in [0.4, 0.5) is 0 Å². The Kier molecular flexibility index (Phi) is 10.0. The Morgan fingerprint density at radius 3 is 1.57 bits per heavy atom. The van der Waals surface area contributed by atoms with Crippen LogP contribution < -0.4 is 0 Å². The van der Waals surface area contributed by atoms with Crippen molar-refractivity contribution in [2.45, 2.75) is 13.8 Å². The van der Waals surface area contributed by atoms with Gasteiger partial charge in [0.15, 0.2) is 0 Å². The summed E-state index contributed by atoms with van der Waals surface area (Å²) < 4.78 is 0. The van der Waals surface area contributed by atoms with Gasteiger partial charge in [0, 0.05) is 20.4 Å². The Morgan fingerprint density at radius 1 is 1.29 bits per heavy atom. The van der Waals surface area contributed by atoms with Gasteiger partial charge in [-0.15, -0.1) is 0 Å². The van der Waals surface area contributed by atoms with Gasteiger partial charge < -0.3 is 4.90 Å². The minimum absolute atomic E-state index is 0. The Balaban J connectivity index is 0. The fraction of sp³-hybridized carbons (Fsp3) is 0.800. The molecule has 0 aromatic rings. The normalized spacial score (nSPS) is 8.57.